The number of hydrogen-bond donors (Lipinski definition) is 4. The summed E-state index contributed by atoms with van der Waals surface area (Å²) in [6.45, 7) is 19.1. The topological polar surface area (TPSA) is 118 Å². The maximum atomic E-state index is 11.4. The van der Waals surface area contributed by atoms with Gasteiger partial charge in [0.05, 0.1) is 26.4 Å². The molecular formula is C45H58B2O8. The summed E-state index contributed by atoms with van der Waals surface area (Å²) in [5, 5.41) is 43.0. The zero-order valence-electron chi connectivity index (χ0n) is 33.8. The zero-order valence-corrected chi connectivity index (χ0v) is 33.8. The smallest absolute Gasteiger partial charge is 0.488 e. The number of ether oxygens (including phenoxy) is 4. The predicted molar refractivity (Wildman–Crippen MR) is 223 cm³/mol. The molecule has 2 aromatic carbocycles. The maximum absolute atomic E-state index is 11.4. The zero-order chi connectivity index (χ0) is 39.6. The Morgan fingerprint density at radius 3 is 1.65 bits per heavy atom. The summed E-state index contributed by atoms with van der Waals surface area (Å²) < 4.78 is 26.8. The van der Waals surface area contributed by atoms with Crippen LogP contribution in [0.3, 0.4) is 0 Å². The Morgan fingerprint density at radius 1 is 0.564 bits per heavy atom. The van der Waals surface area contributed by atoms with E-state index in [1.54, 1.807) is 18.2 Å². The van der Waals surface area contributed by atoms with Gasteiger partial charge in [-0.2, -0.15) is 0 Å². The van der Waals surface area contributed by atoms with Gasteiger partial charge in [0.15, 0.2) is 23.0 Å². The van der Waals surface area contributed by atoms with Crippen LogP contribution in [-0.4, -0.2) is 60.8 Å². The van der Waals surface area contributed by atoms with Crippen molar-refractivity contribution >= 4 is 43.0 Å². The molecule has 5 atom stereocenters. The third kappa shape index (κ3) is 7.76. The van der Waals surface area contributed by atoms with Crippen molar-refractivity contribution in [3.63, 3.8) is 0 Å². The van der Waals surface area contributed by atoms with Crippen molar-refractivity contribution in [3.8, 4) is 11.5 Å². The first kappa shape index (κ1) is 40.7. The van der Waals surface area contributed by atoms with Crippen molar-refractivity contribution in [2.24, 2.45) is 29.1 Å². The van der Waals surface area contributed by atoms with E-state index in [4.69, 9.17) is 18.9 Å². The van der Waals surface area contributed by atoms with Crippen LogP contribution in [0.1, 0.15) is 103 Å². The average Bonchev–Trinajstić information content (AvgIpc) is 3.75. The van der Waals surface area contributed by atoms with Crippen LogP contribution < -0.4 is 14.9 Å². The molecule has 292 valence electrons. The number of rotatable bonds is 18. The number of benzene rings is 2. The van der Waals surface area contributed by atoms with Crippen LogP contribution in [0.4, 0.5) is 0 Å². The summed E-state index contributed by atoms with van der Waals surface area (Å²) in [5.41, 5.74) is 6.34. The summed E-state index contributed by atoms with van der Waals surface area (Å²) in [7, 11) is -3.48. The van der Waals surface area contributed by atoms with Crippen LogP contribution >= 0.6 is 0 Å². The number of hydrogen-bond acceptors (Lipinski definition) is 8. The van der Waals surface area contributed by atoms with Crippen LogP contribution in [0.15, 0.2) is 76.7 Å². The molecule has 0 saturated heterocycles. The van der Waals surface area contributed by atoms with Crippen LogP contribution in [-0.2, 0) is 9.47 Å². The van der Waals surface area contributed by atoms with Crippen molar-refractivity contribution in [2.45, 2.75) is 81.1 Å². The molecule has 55 heavy (non-hydrogen) atoms. The second-order valence-electron chi connectivity index (χ2n) is 16.1. The number of fused-ring (bicyclic) bond motifs is 8. The first-order valence-electron chi connectivity index (χ1n) is 20.3. The molecule has 6 rings (SSSR count). The van der Waals surface area contributed by atoms with E-state index >= 15 is 0 Å². The van der Waals surface area contributed by atoms with Gasteiger partial charge in [-0.25, -0.2) is 0 Å². The maximum Gasteiger partial charge on any atom is 0.488 e. The standard InChI is InChI=1S/C45H58B2O8/c1-9-27(5)23-52-40-20-32-19-39-37(36(32)21-41(40)53-24-28(6)10-2)22-42(54-25-29(7)11-3)44(55-26-30(8)12-4)45(39)38-18-31-17-33(46(48)49)13-14-34(31)35(38)15-16-43(45)47(50)51/h13-22,27-30,48-51H,9-12,23-26H2,1-8H3. The van der Waals surface area contributed by atoms with Crippen LogP contribution in [0, 0.1) is 29.1 Å². The molecule has 0 radical (unpaired) electrons. The molecule has 5 unspecified atom stereocenters. The Labute approximate surface area is 328 Å². The fourth-order valence-electron chi connectivity index (χ4n) is 7.44. The third-order valence-corrected chi connectivity index (χ3v) is 11.9. The van der Waals surface area contributed by atoms with Gasteiger partial charge in [-0.1, -0.05) is 111 Å². The Kier molecular flexibility index (Phi) is 12.6. The van der Waals surface area contributed by atoms with Crippen molar-refractivity contribution < 1.29 is 39.0 Å². The van der Waals surface area contributed by atoms with E-state index in [2.05, 4.69) is 73.6 Å². The molecule has 0 aliphatic heterocycles. The van der Waals surface area contributed by atoms with E-state index in [-0.39, 0.29) is 11.8 Å². The van der Waals surface area contributed by atoms with Gasteiger partial charge in [0.2, 0.25) is 0 Å². The minimum Gasteiger partial charge on any atom is -0.492 e. The summed E-state index contributed by atoms with van der Waals surface area (Å²) in [6.07, 6.45) is 13.7. The van der Waals surface area contributed by atoms with Crippen LogP contribution in [0.2, 0.25) is 0 Å². The largest absolute Gasteiger partial charge is 0.492 e. The Bertz CT molecular complexity index is 1950. The summed E-state index contributed by atoms with van der Waals surface area (Å²) in [4.78, 5) is 0. The molecule has 0 amide bonds. The first-order valence-corrected chi connectivity index (χ1v) is 20.3. The molecule has 10 heteroatoms. The summed E-state index contributed by atoms with van der Waals surface area (Å²) in [5.74, 6) is 3.57. The molecule has 0 aromatic heterocycles. The SMILES string of the molecule is CCC(C)COC1=C(OCC(C)CC)C2(C(B(O)O)=CC=C3C2=Cc2cc(B(O)O)ccc23)C2=Cc3cc(OCC(C)CC)c(OCC(C)CC)cc3C2=C1. The van der Waals surface area contributed by atoms with E-state index in [0.29, 0.717) is 72.2 Å². The third-order valence-electron chi connectivity index (χ3n) is 11.9. The lowest BCUT2D eigenvalue weighted by molar-refractivity contribution is 0.101. The molecule has 0 bridgehead atoms. The molecule has 1 spiro atoms. The Morgan fingerprint density at radius 2 is 1.09 bits per heavy atom. The van der Waals surface area contributed by atoms with Gasteiger partial charge < -0.3 is 39.0 Å². The Balaban J connectivity index is 1.63. The van der Waals surface area contributed by atoms with Crippen molar-refractivity contribution in [3.05, 3.63) is 99.0 Å². The fraction of sp³-hybridized carbons (Fsp3) is 0.467. The minimum absolute atomic E-state index is 0.212. The molecule has 4 aliphatic carbocycles. The second-order valence-corrected chi connectivity index (χ2v) is 16.1. The number of allylic oxidation sites excluding steroid dienone is 6. The normalized spacial score (nSPS) is 20.1. The van der Waals surface area contributed by atoms with E-state index in [1.807, 2.05) is 24.3 Å². The second kappa shape index (κ2) is 17.0. The average molecular weight is 749 g/mol. The molecule has 4 N–H and O–H groups in total. The molecule has 0 heterocycles. The van der Waals surface area contributed by atoms with Crippen LogP contribution in [0.5, 0.6) is 11.5 Å². The van der Waals surface area contributed by atoms with Gasteiger partial charge in [-0.3, -0.25) is 0 Å². The van der Waals surface area contributed by atoms with E-state index in [0.717, 1.165) is 70.2 Å². The van der Waals surface area contributed by atoms with Crippen molar-refractivity contribution in [2.75, 3.05) is 26.4 Å². The van der Waals surface area contributed by atoms with Gasteiger partial charge in [-0.15, -0.1) is 0 Å². The lowest BCUT2D eigenvalue weighted by Gasteiger charge is -2.45. The minimum atomic E-state index is -1.84. The molecule has 8 nitrogen and oxygen atoms in total. The summed E-state index contributed by atoms with van der Waals surface area (Å²) >= 11 is 0. The molecule has 0 saturated carbocycles. The summed E-state index contributed by atoms with van der Waals surface area (Å²) in [6, 6.07) is 9.49. The monoisotopic (exact) mass is 748 g/mol. The van der Waals surface area contributed by atoms with E-state index < -0.39 is 19.7 Å². The fourth-order valence-corrected chi connectivity index (χ4v) is 7.44. The lowest BCUT2D eigenvalue weighted by Crippen LogP contribution is -2.42. The van der Waals surface area contributed by atoms with Crippen molar-refractivity contribution in [1.29, 1.82) is 0 Å². The van der Waals surface area contributed by atoms with E-state index in [1.165, 1.54) is 0 Å². The highest BCUT2D eigenvalue weighted by atomic mass is 16.5. The van der Waals surface area contributed by atoms with Gasteiger partial charge in [-0.05, 0) is 110 Å². The lowest BCUT2D eigenvalue weighted by atomic mass is 9.51. The highest BCUT2D eigenvalue weighted by Gasteiger charge is 2.58. The van der Waals surface area contributed by atoms with Crippen LogP contribution in [0.25, 0.3) is 23.3 Å². The van der Waals surface area contributed by atoms with Crippen molar-refractivity contribution in [1.82, 2.24) is 0 Å². The molecule has 4 aliphatic rings. The molecule has 0 fully saturated rings. The van der Waals surface area contributed by atoms with Gasteiger partial charge in [0.1, 0.15) is 5.41 Å². The van der Waals surface area contributed by atoms with Gasteiger partial charge in [0.25, 0.3) is 0 Å². The van der Waals surface area contributed by atoms with E-state index in [9.17, 15) is 20.1 Å². The van der Waals surface area contributed by atoms with Gasteiger partial charge in [0, 0.05) is 0 Å². The predicted octanol–water partition coefficient (Wildman–Crippen LogP) is 7.77. The highest BCUT2D eigenvalue weighted by Crippen LogP contribution is 2.66. The molecular weight excluding hydrogens is 690 g/mol. The highest BCUT2D eigenvalue weighted by molar-refractivity contribution is 6.58. The first-order chi connectivity index (χ1) is 26.4. The molecule has 2 aromatic rings. The van der Waals surface area contributed by atoms with Gasteiger partial charge >= 0.3 is 14.2 Å². The Hall–Kier alpha value is -3.95. The quantitative estimate of drug-likeness (QED) is 0.114.